The molecule has 0 aliphatic carbocycles. The highest BCUT2D eigenvalue weighted by Crippen LogP contribution is 2.22. The summed E-state index contributed by atoms with van der Waals surface area (Å²) in [6.07, 6.45) is 7.65. The van der Waals surface area contributed by atoms with Gasteiger partial charge in [-0.3, -0.25) is 0 Å². The number of hydrogen-bond donors (Lipinski definition) is 0. The van der Waals surface area contributed by atoms with Crippen molar-refractivity contribution in [3.63, 3.8) is 0 Å². The van der Waals surface area contributed by atoms with Crippen LogP contribution in [0.15, 0.2) is 12.2 Å². The van der Waals surface area contributed by atoms with Crippen LogP contribution in [-0.4, -0.2) is 24.9 Å². The van der Waals surface area contributed by atoms with Gasteiger partial charge in [0.15, 0.2) is 0 Å². The van der Waals surface area contributed by atoms with E-state index in [0.717, 1.165) is 19.4 Å². The van der Waals surface area contributed by atoms with Gasteiger partial charge in [-0.05, 0) is 13.3 Å². The number of rotatable bonds is 2. The van der Waals surface area contributed by atoms with Crippen molar-refractivity contribution in [1.29, 1.82) is 0 Å². The summed E-state index contributed by atoms with van der Waals surface area (Å²) >= 11 is 0. The molecular formula is C9H14O2. The Morgan fingerprint density at radius 3 is 3.00 bits per heavy atom. The third-order valence-corrected chi connectivity index (χ3v) is 2.12. The van der Waals surface area contributed by atoms with E-state index in [1.165, 1.54) is 0 Å². The molecule has 62 valence electrons. The average molecular weight is 154 g/mol. The van der Waals surface area contributed by atoms with Crippen LogP contribution in [-0.2, 0) is 9.47 Å². The lowest BCUT2D eigenvalue weighted by Gasteiger charge is -2.22. The first kappa shape index (κ1) is 7.32. The van der Waals surface area contributed by atoms with Crippen LogP contribution < -0.4 is 0 Å². The second kappa shape index (κ2) is 2.95. The van der Waals surface area contributed by atoms with Gasteiger partial charge in [0, 0.05) is 6.42 Å². The maximum Gasteiger partial charge on any atom is 0.0837 e. The fourth-order valence-electron chi connectivity index (χ4n) is 1.42. The Morgan fingerprint density at radius 1 is 1.55 bits per heavy atom. The standard InChI is InChI=1S/C9H14O2/c1-7-3-2-4-8(11-7)5-9-6-10-9/h2,4,7-9H,3,5-6H2,1H3/t7-,8+,9+/m0/s1. The SMILES string of the molecule is C[C@H]1CC=C[C@H](C[C@@H]2CO2)O1. The summed E-state index contributed by atoms with van der Waals surface area (Å²) in [5.74, 6) is 0. The molecule has 0 bridgehead atoms. The Labute approximate surface area is 67.2 Å². The molecule has 0 N–H and O–H groups in total. The second-order valence-electron chi connectivity index (χ2n) is 3.34. The molecule has 0 unspecified atom stereocenters. The molecule has 0 aromatic carbocycles. The summed E-state index contributed by atoms with van der Waals surface area (Å²) in [6.45, 7) is 3.05. The van der Waals surface area contributed by atoms with E-state index < -0.39 is 0 Å². The molecule has 0 amide bonds. The molecule has 0 aromatic rings. The first-order valence-corrected chi connectivity index (χ1v) is 4.28. The van der Waals surface area contributed by atoms with Gasteiger partial charge in [-0.1, -0.05) is 12.2 Å². The molecule has 1 saturated heterocycles. The molecule has 2 rings (SSSR count). The van der Waals surface area contributed by atoms with E-state index in [4.69, 9.17) is 9.47 Å². The van der Waals surface area contributed by atoms with Crippen LogP contribution in [0, 0.1) is 0 Å². The van der Waals surface area contributed by atoms with E-state index in [2.05, 4.69) is 19.1 Å². The first-order chi connectivity index (χ1) is 5.34. The Hall–Kier alpha value is -0.340. The molecule has 0 radical (unpaired) electrons. The zero-order chi connectivity index (χ0) is 7.68. The van der Waals surface area contributed by atoms with E-state index >= 15 is 0 Å². The van der Waals surface area contributed by atoms with Gasteiger partial charge in [-0.15, -0.1) is 0 Å². The molecule has 0 spiro atoms. The van der Waals surface area contributed by atoms with Crippen LogP contribution >= 0.6 is 0 Å². The largest absolute Gasteiger partial charge is 0.373 e. The third kappa shape index (κ3) is 2.04. The first-order valence-electron chi connectivity index (χ1n) is 4.28. The minimum atomic E-state index is 0.311. The molecule has 2 nitrogen and oxygen atoms in total. The van der Waals surface area contributed by atoms with E-state index in [9.17, 15) is 0 Å². The van der Waals surface area contributed by atoms with Gasteiger partial charge in [0.1, 0.15) is 0 Å². The monoisotopic (exact) mass is 154 g/mol. The van der Waals surface area contributed by atoms with Crippen molar-refractivity contribution in [2.45, 2.75) is 38.1 Å². The smallest absolute Gasteiger partial charge is 0.0837 e. The van der Waals surface area contributed by atoms with Crippen molar-refractivity contribution in [2.75, 3.05) is 6.61 Å². The van der Waals surface area contributed by atoms with Crippen molar-refractivity contribution in [1.82, 2.24) is 0 Å². The van der Waals surface area contributed by atoms with Crippen molar-refractivity contribution >= 4 is 0 Å². The van der Waals surface area contributed by atoms with E-state index in [1.807, 2.05) is 0 Å². The molecule has 2 heteroatoms. The van der Waals surface area contributed by atoms with E-state index in [0.29, 0.717) is 18.3 Å². The summed E-state index contributed by atoms with van der Waals surface area (Å²) in [7, 11) is 0. The van der Waals surface area contributed by atoms with Crippen LogP contribution in [0.2, 0.25) is 0 Å². The highest BCUT2D eigenvalue weighted by molar-refractivity contribution is 4.97. The van der Waals surface area contributed by atoms with Crippen molar-refractivity contribution in [3.05, 3.63) is 12.2 Å². The number of ether oxygens (including phenoxy) is 2. The highest BCUT2D eigenvalue weighted by Gasteiger charge is 2.27. The van der Waals surface area contributed by atoms with Gasteiger partial charge in [0.05, 0.1) is 24.9 Å². The Morgan fingerprint density at radius 2 is 2.36 bits per heavy atom. The highest BCUT2D eigenvalue weighted by atomic mass is 16.6. The summed E-state index contributed by atoms with van der Waals surface area (Å²) < 4.78 is 10.8. The van der Waals surface area contributed by atoms with Crippen LogP contribution in [0.25, 0.3) is 0 Å². The van der Waals surface area contributed by atoms with Gasteiger partial charge in [0.25, 0.3) is 0 Å². The lowest BCUT2D eigenvalue weighted by molar-refractivity contribution is 0.0100. The topological polar surface area (TPSA) is 21.8 Å². The molecule has 0 saturated carbocycles. The fraction of sp³-hybridized carbons (Fsp3) is 0.778. The van der Waals surface area contributed by atoms with Crippen LogP contribution in [0.5, 0.6) is 0 Å². The third-order valence-electron chi connectivity index (χ3n) is 2.12. The molecule has 3 atom stereocenters. The van der Waals surface area contributed by atoms with Gasteiger partial charge in [0.2, 0.25) is 0 Å². The second-order valence-corrected chi connectivity index (χ2v) is 3.34. The molecule has 0 aromatic heterocycles. The fourth-order valence-corrected chi connectivity index (χ4v) is 1.42. The average Bonchev–Trinajstić information content (AvgIpc) is 2.71. The molecule has 11 heavy (non-hydrogen) atoms. The molecule has 2 aliphatic rings. The molecular weight excluding hydrogens is 140 g/mol. The Kier molecular flexibility index (Phi) is 1.96. The quantitative estimate of drug-likeness (QED) is 0.444. The summed E-state index contributed by atoms with van der Waals surface area (Å²) in [5.41, 5.74) is 0. The zero-order valence-corrected chi connectivity index (χ0v) is 6.82. The number of hydrogen-bond acceptors (Lipinski definition) is 2. The van der Waals surface area contributed by atoms with E-state index in [-0.39, 0.29) is 0 Å². The van der Waals surface area contributed by atoms with Crippen molar-refractivity contribution in [2.24, 2.45) is 0 Å². The molecule has 1 fully saturated rings. The van der Waals surface area contributed by atoms with Gasteiger partial charge in [-0.25, -0.2) is 0 Å². The van der Waals surface area contributed by atoms with Crippen LogP contribution in [0.3, 0.4) is 0 Å². The van der Waals surface area contributed by atoms with Crippen LogP contribution in [0.4, 0.5) is 0 Å². The van der Waals surface area contributed by atoms with Crippen molar-refractivity contribution in [3.8, 4) is 0 Å². The molecule has 2 heterocycles. The zero-order valence-electron chi connectivity index (χ0n) is 6.82. The minimum Gasteiger partial charge on any atom is -0.373 e. The summed E-state index contributed by atoms with van der Waals surface area (Å²) in [5, 5.41) is 0. The van der Waals surface area contributed by atoms with Gasteiger partial charge < -0.3 is 9.47 Å². The Bertz CT molecular complexity index is 161. The Balaban J connectivity index is 1.82. The lowest BCUT2D eigenvalue weighted by Crippen LogP contribution is -2.22. The van der Waals surface area contributed by atoms with Crippen LogP contribution in [0.1, 0.15) is 19.8 Å². The maximum absolute atomic E-state index is 5.67. The maximum atomic E-state index is 5.67. The van der Waals surface area contributed by atoms with E-state index in [1.54, 1.807) is 0 Å². The summed E-state index contributed by atoms with van der Waals surface area (Å²) in [6, 6.07) is 0. The lowest BCUT2D eigenvalue weighted by atomic mass is 10.1. The molecule has 2 aliphatic heterocycles. The minimum absolute atomic E-state index is 0.311. The van der Waals surface area contributed by atoms with Gasteiger partial charge in [-0.2, -0.15) is 0 Å². The normalized spacial score (nSPS) is 42.5. The van der Waals surface area contributed by atoms with Crippen molar-refractivity contribution < 1.29 is 9.47 Å². The summed E-state index contributed by atoms with van der Waals surface area (Å²) in [4.78, 5) is 0. The number of epoxide rings is 1. The predicted molar refractivity (Wildman–Crippen MR) is 42.4 cm³/mol. The predicted octanol–water partition coefficient (Wildman–Crippen LogP) is 1.51. The van der Waals surface area contributed by atoms with Gasteiger partial charge >= 0.3 is 0 Å².